The Hall–Kier alpha value is -5.98. The average molecular weight is 938 g/mol. The minimum Gasteiger partial charge on any atom is -0.490 e. The standard InChI is InChI=1S/C49H55N5O10S2/c1-47(2,3)63-43(56)22-15-26-53-27-25-34-30-39(24-23-35(34)32-53)61-28-29-62-52-44(42(55)31-40-45(57)54(48(40,4)5)64-66(58,59)60)41-33-65-46(50-41)51-49(36-16-9-6-10-17-36,37-18-11-7-12-19-37)38-20-13-8-14-21-38/h6-14,16-21,23-24,30,33,40H,15,22,25-29,31-32H2,1-5H3,(H,50,51)(H,58,59,60)/b52-44-/t40-/m1/s1. The maximum absolute atomic E-state index is 14.2. The Kier molecular flexibility index (Phi) is 14.7. The van der Waals surface area contributed by atoms with Crippen molar-refractivity contribution in [2.75, 3.05) is 31.6 Å². The van der Waals surface area contributed by atoms with E-state index in [0.29, 0.717) is 22.4 Å². The van der Waals surface area contributed by atoms with Crippen molar-refractivity contribution in [2.24, 2.45) is 11.1 Å². The van der Waals surface area contributed by atoms with Crippen LogP contribution in [0.25, 0.3) is 0 Å². The second-order valence-electron chi connectivity index (χ2n) is 17.7. The van der Waals surface area contributed by atoms with Crippen LogP contribution in [0.1, 0.15) is 87.4 Å². The minimum atomic E-state index is -4.99. The predicted molar refractivity (Wildman–Crippen MR) is 250 cm³/mol. The number of nitrogens with zero attached hydrogens (tertiary/aromatic N) is 4. The van der Waals surface area contributed by atoms with Gasteiger partial charge in [-0.15, -0.1) is 15.6 Å². The number of ketones is 1. The van der Waals surface area contributed by atoms with Crippen LogP contribution in [-0.4, -0.2) is 88.7 Å². The van der Waals surface area contributed by atoms with Crippen LogP contribution in [0.5, 0.6) is 5.75 Å². The maximum atomic E-state index is 14.2. The lowest BCUT2D eigenvalue weighted by molar-refractivity contribution is -0.228. The maximum Gasteiger partial charge on any atom is 0.418 e. The van der Waals surface area contributed by atoms with Crippen molar-refractivity contribution in [1.82, 2.24) is 14.9 Å². The quantitative estimate of drug-likeness (QED) is 0.0147. The highest BCUT2D eigenvalue weighted by atomic mass is 32.3. The Morgan fingerprint density at radius 2 is 1.53 bits per heavy atom. The fraction of sp³-hybridized carbons (Fsp3) is 0.367. The molecule has 1 atom stereocenters. The fourth-order valence-corrected chi connectivity index (χ4v) is 9.49. The highest BCUT2D eigenvalue weighted by molar-refractivity contribution is 7.80. The third-order valence-electron chi connectivity index (χ3n) is 11.5. The third kappa shape index (κ3) is 11.5. The number of esters is 1. The van der Waals surface area contributed by atoms with Crippen molar-refractivity contribution in [2.45, 2.75) is 83.5 Å². The summed E-state index contributed by atoms with van der Waals surface area (Å²) in [6.07, 6.45) is 1.55. The van der Waals surface area contributed by atoms with Gasteiger partial charge in [0.05, 0.1) is 11.5 Å². The number of hydrogen-bond acceptors (Lipinski definition) is 14. The summed E-state index contributed by atoms with van der Waals surface area (Å²) in [6.45, 7) is 11.1. The summed E-state index contributed by atoms with van der Waals surface area (Å²) < 4.78 is 48.2. The lowest BCUT2D eigenvalue weighted by atomic mass is 9.74. The van der Waals surface area contributed by atoms with E-state index in [1.807, 2.05) is 130 Å². The molecule has 1 amide bonds. The van der Waals surface area contributed by atoms with Crippen molar-refractivity contribution in [3.8, 4) is 5.75 Å². The van der Waals surface area contributed by atoms with Crippen LogP contribution < -0.4 is 10.1 Å². The molecule has 0 unspecified atom stereocenters. The molecule has 17 heteroatoms. The van der Waals surface area contributed by atoms with Gasteiger partial charge in [0.25, 0.3) is 5.91 Å². The van der Waals surface area contributed by atoms with Gasteiger partial charge in [0.15, 0.2) is 23.2 Å². The van der Waals surface area contributed by atoms with Crippen molar-refractivity contribution < 1.29 is 45.9 Å². The highest BCUT2D eigenvalue weighted by Crippen LogP contribution is 2.42. The van der Waals surface area contributed by atoms with E-state index >= 15 is 0 Å². The van der Waals surface area contributed by atoms with E-state index in [1.165, 1.54) is 36.3 Å². The van der Waals surface area contributed by atoms with Gasteiger partial charge in [-0.3, -0.25) is 23.8 Å². The van der Waals surface area contributed by atoms with Gasteiger partial charge in [-0.2, -0.15) is 13.5 Å². The van der Waals surface area contributed by atoms with E-state index in [2.05, 4.69) is 19.7 Å². The first-order valence-corrected chi connectivity index (χ1v) is 24.0. The van der Waals surface area contributed by atoms with Gasteiger partial charge in [-0.05, 0) is 94.0 Å². The molecule has 3 heterocycles. The first kappa shape index (κ1) is 48.0. The number of nitrogens with one attached hydrogen (secondary N) is 1. The summed E-state index contributed by atoms with van der Waals surface area (Å²) in [7, 11) is -4.99. The molecule has 0 saturated carbocycles. The van der Waals surface area contributed by atoms with Crippen molar-refractivity contribution >= 4 is 50.2 Å². The van der Waals surface area contributed by atoms with Gasteiger partial charge in [0, 0.05) is 31.3 Å². The van der Waals surface area contributed by atoms with Crippen LogP contribution in [0.15, 0.2) is 120 Å². The van der Waals surface area contributed by atoms with Crippen LogP contribution in [0.4, 0.5) is 5.13 Å². The SMILES string of the molecule is CC(C)(C)OC(=O)CCCN1CCc2cc(OCCO/N=C(\C(=O)C[C@@H]3C(=O)N(OS(=O)(=O)O)C3(C)C)c3csc(NC(c4ccccc4)(c4ccccc4)c4ccccc4)n3)ccc2C1. The monoisotopic (exact) mass is 937 g/mol. The van der Waals surface area contributed by atoms with Crippen LogP contribution in [0.2, 0.25) is 0 Å². The summed E-state index contributed by atoms with van der Waals surface area (Å²) in [6, 6.07) is 35.9. The van der Waals surface area contributed by atoms with Gasteiger partial charge in [-0.25, -0.2) is 4.98 Å². The molecule has 4 aromatic carbocycles. The lowest BCUT2D eigenvalue weighted by Crippen LogP contribution is -2.68. The number of rotatable bonds is 20. The summed E-state index contributed by atoms with van der Waals surface area (Å²) in [5.74, 6) is -1.91. The Bertz CT molecular complexity index is 2540. The van der Waals surface area contributed by atoms with E-state index < -0.39 is 44.7 Å². The number of Topliss-reactive ketones (excluding diaryl/α,β-unsaturated/α-hetero) is 1. The van der Waals surface area contributed by atoms with Crippen LogP contribution in [-0.2, 0) is 57.1 Å². The number of anilines is 1. The number of thiazole rings is 1. The topological polar surface area (TPSA) is 186 Å². The molecule has 5 aromatic rings. The molecule has 0 bridgehead atoms. The molecule has 15 nitrogen and oxygen atoms in total. The molecule has 1 fully saturated rings. The molecule has 0 radical (unpaired) electrons. The Balaban J connectivity index is 1.07. The Morgan fingerprint density at radius 1 is 0.909 bits per heavy atom. The van der Waals surface area contributed by atoms with Crippen molar-refractivity contribution in [1.29, 1.82) is 0 Å². The molecule has 66 heavy (non-hydrogen) atoms. The van der Waals surface area contributed by atoms with Gasteiger partial charge in [-0.1, -0.05) is 102 Å². The third-order valence-corrected chi connectivity index (χ3v) is 12.6. The zero-order valence-electron chi connectivity index (χ0n) is 37.6. The number of β-lactam (4-membered cyclic amide) rings is 1. The molecule has 0 aliphatic carbocycles. The van der Waals surface area contributed by atoms with Gasteiger partial charge in [0.2, 0.25) is 0 Å². The van der Waals surface area contributed by atoms with Crippen molar-refractivity contribution in [3.05, 3.63) is 148 Å². The van der Waals surface area contributed by atoms with Crippen molar-refractivity contribution in [3.63, 3.8) is 0 Å². The second-order valence-corrected chi connectivity index (χ2v) is 19.6. The zero-order chi connectivity index (χ0) is 47.1. The molecule has 348 valence electrons. The summed E-state index contributed by atoms with van der Waals surface area (Å²) in [4.78, 5) is 52.4. The number of fused-ring (bicyclic) bond motifs is 1. The van der Waals surface area contributed by atoms with Gasteiger partial charge >= 0.3 is 16.4 Å². The largest absolute Gasteiger partial charge is 0.490 e. The number of benzene rings is 4. The normalized spacial score (nSPS) is 16.5. The summed E-state index contributed by atoms with van der Waals surface area (Å²) >= 11 is 1.26. The molecule has 7 rings (SSSR count). The number of carbonyl (C=O) groups is 3. The van der Waals surface area contributed by atoms with Gasteiger partial charge < -0.3 is 19.6 Å². The molecule has 2 aliphatic rings. The molecular formula is C49H55N5O10S2. The number of carbonyl (C=O) groups excluding carboxylic acids is 3. The fourth-order valence-electron chi connectivity index (χ4n) is 8.29. The average Bonchev–Trinajstić information content (AvgIpc) is 3.75. The molecule has 2 aliphatic heterocycles. The summed E-state index contributed by atoms with van der Waals surface area (Å²) in [5.41, 5.74) is 2.59. The number of amides is 1. The van der Waals surface area contributed by atoms with Gasteiger partial charge in [0.1, 0.15) is 29.2 Å². The molecule has 2 N–H and O–H groups in total. The Morgan fingerprint density at radius 3 is 2.11 bits per heavy atom. The second kappa shape index (κ2) is 20.3. The molecular weight excluding hydrogens is 883 g/mol. The summed E-state index contributed by atoms with van der Waals surface area (Å²) in [5, 5.41) is 10.7. The first-order chi connectivity index (χ1) is 31.4. The van der Waals surface area contributed by atoms with E-state index in [0.717, 1.165) is 49.2 Å². The zero-order valence-corrected chi connectivity index (χ0v) is 39.3. The number of hydroxylamine groups is 2. The lowest BCUT2D eigenvalue weighted by Gasteiger charge is -2.50. The number of ether oxygens (including phenoxy) is 2. The molecule has 0 spiro atoms. The van der Waals surface area contributed by atoms with E-state index in [4.69, 9.17) is 19.3 Å². The Labute approximate surface area is 389 Å². The smallest absolute Gasteiger partial charge is 0.418 e. The predicted octanol–water partition coefficient (Wildman–Crippen LogP) is 7.76. The number of aromatic nitrogens is 1. The number of oxime groups is 1. The molecule has 1 aromatic heterocycles. The minimum absolute atomic E-state index is 0.0303. The van der Waals surface area contributed by atoms with Crippen LogP contribution in [0.3, 0.4) is 0 Å². The first-order valence-electron chi connectivity index (χ1n) is 21.8. The van der Waals surface area contributed by atoms with E-state index in [9.17, 15) is 27.4 Å². The highest BCUT2D eigenvalue weighted by Gasteiger charge is 2.57. The molecule has 1 saturated heterocycles. The van der Waals surface area contributed by atoms with E-state index in [-0.39, 0.29) is 37.0 Å². The van der Waals surface area contributed by atoms with Crippen LogP contribution >= 0.6 is 11.3 Å². The number of hydrogen-bond donors (Lipinski definition) is 2. The van der Waals surface area contributed by atoms with Crippen LogP contribution in [0, 0.1) is 5.92 Å². The van der Waals surface area contributed by atoms with E-state index in [1.54, 1.807) is 5.38 Å².